The van der Waals surface area contributed by atoms with E-state index in [4.69, 9.17) is 4.74 Å². The number of hydrogen-bond donors (Lipinski definition) is 2. The summed E-state index contributed by atoms with van der Waals surface area (Å²) in [5.41, 5.74) is 0.834. The van der Waals surface area contributed by atoms with Gasteiger partial charge in [-0.25, -0.2) is 0 Å². The van der Waals surface area contributed by atoms with Crippen LogP contribution in [-0.4, -0.2) is 46.2 Å². The quantitative estimate of drug-likeness (QED) is 0.628. The summed E-state index contributed by atoms with van der Waals surface area (Å²) >= 11 is 0. The number of nitrogens with zero attached hydrogens (tertiary/aromatic N) is 2. The maximum absolute atomic E-state index is 11.7. The summed E-state index contributed by atoms with van der Waals surface area (Å²) in [5.74, 6) is -2.03. The molecule has 8 nitrogen and oxygen atoms in total. The van der Waals surface area contributed by atoms with Gasteiger partial charge in [0.05, 0.1) is 6.04 Å². The fourth-order valence-electron chi connectivity index (χ4n) is 3.08. The van der Waals surface area contributed by atoms with Crippen LogP contribution in [-0.2, 0) is 14.3 Å². The zero-order chi connectivity index (χ0) is 17.4. The maximum Gasteiger partial charge on any atom is 0.331 e. The minimum atomic E-state index is -1.57. The molecule has 2 aliphatic heterocycles. The Morgan fingerprint density at radius 3 is 2.83 bits per heavy atom. The molecule has 1 aromatic heterocycles. The topological polar surface area (TPSA) is 114 Å². The van der Waals surface area contributed by atoms with Crippen molar-refractivity contribution < 1.29 is 34.2 Å². The Bertz CT molecular complexity index is 704. The summed E-state index contributed by atoms with van der Waals surface area (Å²) in [7, 11) is 1.73. The third-order valence-electron chi connectivity index (χ3n) is 4.43. The molecule has 1 aromatic rings. The molecule has 0 spiro atoms. The fourth-order valence-corrected chi connectivity index (χ4v) is 3.08. The van der Waals surface area contributed by atoms with Gasteiger partial charge in [0.2, 0.25) is 5.91 Å². The predicted octanol–water partition coefficient (Wildman–Crippen LogP) is -1.85. The Balaban J connectivity index is 1.90. The summed E-state index contributed by atoms with van der Waals surface area (Å²) in [6.45, 7) is 0. The average molecular weight is 334 g/mol. The Kier molecular flexibility index (Phi) is 4.25. The Hall–Kier alpha value is -2.45. The van der Waals surface area contributed by atoms with Gasteiger partial charge < -0.3 is 29.8 Å². The number of aliphatic hydroxyl groups is 2. The molecule has 24 heavy (non-hydrogen) atoms. The van der Waals surface area contributed by atoms with Crippen LogP contribution in [0.1, 0.15) is 30.7 Å². The highest BCUT2D eigenvalue weighted by Gasteiger charge is 2.40. The van der Waals surface area contributed by atoms with Crippen LogP contribution in [0.25, 0.3) is 0 Å². The van der Waals surface area contributed by atoms with Crippen molar-refractivity contribution in [1.82, 2.24) is 4.90 Å². The number of ether oxygens (including phenoxy) is 1. The molecule has 1 fully saturated rings. The van der Waals surface area contributed by atoms with Gasteiger partial charge in [-0.05, 0) is 18.6 Å². The number of rotatable bonds is 3. The second kappa shape index (κ2) is 6.21. The van der Waals surface area contributed by atoms with Gasteiger partial charge in [-0.1, -0.05) is 0 Å². The van der Waals surface area contributed by atoms with Crippen LogP contribution in [0.15, 0.2) is 36.4 Å². The number of likely N-dealkylation sites (tertiary alicyclic amines) is 1. The van der Waals surface area contributed by atoms with Gasteiger partial charge in [0.25, 0.3) is 0 Å². The van der Waals surface area contributed by atoms with E-state index in [9.17, 15) is 24.9 Å². The molecule has 1 amide bonds. The van der Waals surface area contributed by atoms with E-state index in [2.05, 4.69) is 0 Å². The minimum Gasteiger partial charge on any atom is -0.542 e. The van der Waals surface area contributed by atoms with Crippen LogP contribution in [0.2, 0.25) is 0 Å². The highest BCUT2D eigenvalue weighted by Crippen LogP contribution is 2.31. The summed E-state index contributed by atoms with van der Waals surface area (Å²) in [6, 6.07) is 3.47. The molecule has 2 N–H and O–H groups in total. The third kappa shape index (κ3) is 2.85. The molecule has 0 aliphatic carbocycles. The first-order chi connectivity index (χ1) is 11.4. The van der Waals surface area contributed by atoms with Crippen molar-refractivity contribution in [3.05, 3.63) is 41.9 Å². The van der Waals surface area contributed by atoms with E-state index in [1.807, 2.05) is 6.07 Å². The molecule has 1 saturated heterocycles. The zero-order valence-corrected chi connectivity index (χ0v) is 13.0. The van der Waals surface area contributed by atoms with Crippen LogP contribution >= 0.6 is 0 Å². The SMILES string of the molecule is CN1C(=O)CC[C@H]1c1ccc[n+]([C@@H]2OC(C(=O)[O-])=C[C@H](O)[C@H]2O)c1. The number of aromatic nitrogens is 1. The van der Waals surface area contributed by atoms with Crippen molar-refractivity contribution in [2.24, 2.45) is 0 Å². The lowest BCUT2D eigenvalue weighted by Crippen LogP contribution is -2.53. The van der Waals surface area contributed by atoms with Gasteiger partial charge in [0, 0.05) is 25.1 Å². The minimum absolute atomic E-state index is 0.0574. The number of carbonyl (C=O) groups is 2. The number of pyridine rings is 1. The number of aliphatic hydroxyl groups excluding tert-OH is 2. The average Bonchev–Trinajstić information content (AvgIpc) is 2.89. The van der Waals surface area contributed by atoms with E-state index in [1.165, 1.54) is 4.57 Å². The van der Waals surface area contributed by atoms with Gasteiger partial charge >= 0.3 is 6.23 Å². The van der Waals surface area contributed by atoms with Gasteiger partial charge in [-0.15, -0.1) is 0 Å². The van der Waals surface area contributed by atoms with Crippen molar-refractivity contribution in [2.45, 2.75) is 37.3 Å². The van der Waals surface area contributed by atoms with E-state index < -0.39 is 30.2 Å². The van der Waals surface area contributed by atoms with Crippen LogP contribution in [0.4, 0.5) is 0 Å². The third-order valence-corrected chi connectivity index (χ3v) is 4.43. The number of carbonyl (C=O) groups excluding carboxylic acids is 2. The van der Waals surface area contributed by atoms with E-state index in [1.54, 1.807) is 30.4 Å². The summed E-state index contributed by atoms with van der Waals surface area (Å²) in [4.78, 5) is 24.3. The lowest BCUT2D eigenvalue weighted by atomic mass is 10.1. The number of hydrogen-bond acceptors (Lipinski definition) is 6. The standard InChI is InChI=1S/C16H18N2O6/c1-17-10(4-5-13(17)20)9-3-2-6-18(8-9)15-14(21)11(19)7-12(24-15)16(22)23/h2-3,6-8,10-11,14-15,19,21H,4-5H2,1H3/t10-,11-,14+,15+/m0/s1. The lowest BCUT2D eigenvalue weighted by molar-refractivity contribution is -0.769. The summed E-state index contributed by atoms with van der Waals surface area (Å²) < 4.78 is 6.74. The molecular weight excluding hydrogens is 316 g/mol. The largest absolute Gasteiger partial charge is 0.542 e. The zero-order valence-electron chi connectivity index (χ0n) is 13.0. The molecule has 3 heterocycles. The Morgan fingerprint density at radius 1 is 1.46 bits per heavy atom. The second-order valence-corrected chi connectivity index (χ2v) is 5.95. The van der Waals surface area contributed by atoms with Gasteiger partial charge in [-0.2, -0.15) is 4.57 Å². The predicted molar refractivity (Wildman–Crippen MR) is 76.6 cm³/mol. The molecule has 0 saturated carbocycles. The van der Waals surface area contributed by atoms with Crippen molar-refractivity contribution in [3.63, 3.8) is 0 Å². The highest BCUT2D eigenvalue weighted by molar-refractivity contribution is 5.82. The molecule has 0 unspecified atom stereocenters. The molecule has 3 rings (SSSR count). The van der Waals surface area contributed by atoms with E-state index in [-0.39, 0.29) is 11.9 Å². The van der Waals surface area contributed by atoms with Crippen molar-refractivity contribution in [3.8, 4) is 0 Å². The Morgan fingerprint density at radius 2 is 2.21 bits per heavy atom. The fraction of sp³-hybridized carbons (Fsp3) is 0.438. The van der Waals surface area contributed by atoms with Gasteiger partial charge in [0.1, 0.15) is 17.8 Å². The summed E-state index contributed by atoms with van der Waals surface area (Å²) in [5, 5.41) is 30.9. The van der Waals surface area contributed by atoms with Crippen molar-refractivity contribution >= 4 is 11.9 Å². The molecule has 128 valence electrons. The first kappa shape index (κ1) is 16.4. The first-order valence-corrected chi connectivity index (χ1v) is 7.61. The number of carboxylic acid groups (broad SMARTS) is 1. The van der Waals surface area contributed by atoms with Crippen molar-refractivity contribution in [2.75, 3.05) is 7.05 Å². The molecular formula is C16H18N2O6. The maximum atomic E-state index is 11.7. The molecule has 0 bridgehead atoms. The van der Waals surface area contributed by atoms with Crippen LogP contribution in [0, 0.1) is 0 Å². The smallest absolute Gasteiger partial charge is 0.331 e. The van der Waals surface area contributed by atoms with E-state index >= 15 is 0 Å². The van der Waals surface area contributed by atoms with Crippen LogP contribution in [0.3, 0.4) is 0 Å². The van der Waals surface area contributed by atoms with E-state index in [0.29, 0.717) is 12.8 Å². The number of aliphatic carboxylic acids is 1. The normalized spacial score (nSPS) is 30.0. The first-order valence-electron chi connectivity index (χ1n) is 7.61. The second-order valence-electron chi connectivity index (χ2n) is 5.95. The van der Waals surface area contributed by atoms with E-state index in [0.717, 1.165) is 11.6 Å². The molecule has 2 aliphatic rings. The molecule has 0 aromatic carbocycles. The van der Waals surface area contributed by atoms with Gasteiger partial charge in [-0.3, -0.25) is 4.79 Å². The number of carboxylic acids is 1. The van der Waals surface area contributed by atoms with Crippen LogP contribution in [0.5, 0.6) is 0 Å². The highest BCUT2D eigenvalue weighted by atomic mass is 16.5. The monoisotopic (exact) mass is 334 g/mol. The molecule has 4 atom stereocenters. The van der Waals surface area contributed by atoms with Crippen LogP contribution < -0.4 is 9.67 Å². The number of amides is 1. The molecule has 8 heteroatoms. The lowest BCUT2D eigenvalue weighted by Gasteiger charge is -2.28. The Labute approximate surface area is 138 Å². The molecule has 0 radical (unpaired) electrons. The van der Waals surface area contributed by atoms with Crippen molar-refractivity contribution in [1.29, 1.82) is 0 Å². The summed E-state index contributed by atoms with van der Waals surface area (Å²) in [6.07, 6.45) is 1.50. The van der Waals surface area contributed by atoms with Gasteiger partial charge in [0.15, 0.2) is 18.5 Å².